The second-order valence-electron chi connectivity index (χ2n) is 6.88. The molecule has 0 aliphatic heterocycles. The van der Waals surface area contributed by atoms with E-state index < -0.39 is 0 Å². The van der Waals surface area contributed by atoms with Crippen molar-refractivity contribution >= 4 is 21.8 Å². The van der Waals surface area contributed by atoms with Crippen LogP contribution in [0.3, 0.4) is 0 Å². The van der Waals surface area contributed by atoms with Crippen LogP contribution in [-0.4, -0.2) is 9.55 Å². The number of hydrogen-bond donors (Lipinski definition) is 0. The molecule has 4 aromatic carbocycles. The molecule has 0 saturated carbocycles. The van der Waals surface area contributed by atoms with Gasteiger partial charge >= 0.3 is 0 Å². The van der Waals surface area contributed by atoms with Crippen LogP contribution in [-0.2, 0) is 6.54 Å². The quantitative estimate of drug-likeness (QED) is 0.410. The minimum Gasteiger partial charge on any atom is -0.319 e. The number of imidazole rings is 1. The maximum Gasteiger partial charge on any atom is 0.141 e. The third kappa shape index (κ3) is 2.82. The summed E-state index contributed by atoms with van der Waals surface area (Å²) in [5.41, 5.74) is 4.98. The first kappa shape index (κ1) is 16.3. The average Bonchev–Trinajstić information content (AvgIpc) is 3.12. The van der Waals surface area contributed by atoms with E-state index in [2.05, 4.69) is 59.2 Å². The number of rotatable bonds is 3. The normalized spacial score (nSPS) is 11.0. The number of para-hydroxylation sites is 2. The van der Waals surface area contributed by atoms with E-state index in [1.165, 1.54) is 16.3 Å². The molecule has 0 bridgehead atoms. The Labute approximate surface area is 163 Å². The van der Waals surface area contributed by atoms with Gasteiger partial charge in [-0.05, 0) is 58.8 Å². The van der Waals surface area contributed by atoms with Gasteiger partial charge in [0, 0.05) is 12.1 Å². The topological polar surface area (TPSA) is 41.6 Å². The molecule has 0 saturated heterocycles. The summed E-state index contributed by atoms with van der Waals surface area (Å²) in [5.74, 6) is 0.916. The zero-order valence-electron chi connectivity index (χ0n) is 15.2. The van der Waals surface area contributed by atoms with Gasteiger partial charge in [-0.25, -0.2) is 4.98 Å². The molecule has 0 N–H and O–H groups in total. The van der Waals surface area contributed by atoms with Crippen LogP contribution in [0.25, 0.3) is 33.2 Å². The van der Waals surface area contributed by atoms with E-state index in [4.69, 9.17) is 10.2 Å². The molecule has 3 heteroatoms. The molecule has 0 aliphatic rings. The van der Waals surface area contributed by atoms with E-state index in [0.29, 0.717) is 5.56 Å². The Hall–Kier alpha value is -3.90. The highest BCUT2D eigenvalue weighted by atomic mass is 15.1. The number of benzene rings is 4. The highest BCUT2D eigenvalue weighted by Gasteiger charge is 2.13. The van der Waals surface area contributed by atoms with Crippen molar-refractivity contribution in [1.82, 2.24) is 9.55 Å². The van der Waals surface area contributed by atoms with Gasteiger partial charge in [-0.1, -0.05) is 48.5 Å². The van der Waals surface area contributed by atoms with Crippen LogP contribution in [0.4, 0.5) is 0 Å². The maximum absolute atomic E-state index is 9.08. The van der Waals surface area contributed by atoms with Gasteiger partial charge in [0.1, 0.15) is 5.82 Å². The molecule has 5 rings (SSSR count). The maximum atomic E-state index is 9.08. The van der Waals surface area contributed by atoms with Crippen molar-refractivity contribution in [2.75, 3.05) is 0 Å². The summed E-state index contributed by atoms with van der Waals surface area (Å²) in [5, 5.41) is 11.6. The van der Waals surface area contributed by atoms with Crippen LogP contribution >= 0.6 is 0 Å². The molecular weight excluding hydrogens is 342 g/mol. The predicted octanol–water partition coefficient (Wildman–Crippen LogP) is 5.78. The van der Waals surface area contributed by atoms with E-state index >= 15 is 0 Å². The lowest BCUT2D eigenvalue weighted by molar-refractivity contribution is 0.835. The molecule has 0 unspecified atom stereocenters. The van der Waals surface area contributed by atoms with Gasteiger partial charge in [0.25, 0.3) is 0 Å². The fraction of sp³-hybridized carbons (Fsp3) is 0.0400. The number of nitriles is 1. The summed E-state index contributed by atoms with van der Waals surface area (Å²) in [4.78, 5) is 4.88. The van der Waals surface area contributed by atoms with Crippen LogP contribution in [0.2, 0.25) is 0 Å². The van der Waals surface area contributed by atoms with Crippen molar-refractivity contribution in [3.8, 4) is 17.5 Å². The molecule has 3 nitrogen and oxygen atoms in total. The van der Waals surface area contributed by atoms with Gasteiger partial charge in [-0.2, -0.15) is 5.26 Å². The lowest BCUT2D eigenvalue weighted by Gasteiger charge is -2.11. The molecule has 1 aromatic heterocycles. The summed E-state index contributed by atoms with van der Waals surface area (Å²) < 4.78 is 2.25. The monoisotopic (exact) mass is 359 g/mol. The van der Waals surface area contributed by atoms with Crippen molar-refractivity contribution in [3.05, 3.63) is 102 Å². The molecule has 1 heterocycles. The largest absolute Gasteiger partial charge is 0.319 e. The van der Waals surface area contributed by atoms with Crippen molar-refractivity contribution in [1.29, 1.82) is 5.26 Å². The Bertz CT molecular complexity index is 1340. The third-order valence-corrected chi connectivity index (χ3v) is 5.08. The van der Waals surface area contributed by atoms with Crippen LogP contribution in [0, 0.1) is 11.3 Å². The smallest absolute Gasteiger partial charge is 0.141 e. The molecule has 0 radical (unpaired) electrons. The fourth-order valence-corrected chi connectivity index (χ4v) is 3.67. The van der Waals surface area contributed by atoms with Crippen molar-refractivity contribution in [2.24, 2.45) is 0 Å². The second kappa shape index (κ2) is 6.68. The van der Waals surface area contributed by atoms with Crippen LogP contribution in [0.1, 0.15) is 11.1 Å². The molecule has 0 amide bonds. The number of fused-ring (bicyclic) bond motifs is 2. The summed E-state index contributed by atoms with van der Waals surface area (Å²) >= 11 is 0. The first-order chi connectivity index (χ1) is 13.8. The molecule has 0 aliphatic carbocycles. The van der Waals surface area contributed by atoms with Crippen LogP contribution in [0.5, 0.6) is 0 Å². The van der Waals surface area contributed by atoms with E-state index in [0.717, 1.165) is 29.0 Å². The standard InChI is InChI=1S/C25H17N3/c26-16-18-9-13-21(14-10-18)25-27-23-7-3-4-8-24(23)28(25)17-19-11-12-20-5-1-2-6-22(20)15-19/h1-15H,17H2. The Morgan fingerprint density at radius 1 is 0.786 bits per heavy atom. The van der Waals surface area contributed by atoms with Gasteiger partial charge in [0.05, 0.1) is 22.7 Å². The zero-order valence-corrected chi connectivity index (χ0v) is 15.2. The summed E-state index contributed by atoms with van der Waals surface area (Å²) in [6.45, 7) is 0.737. The van der Waals surface area contributed by atoms with Crippen molar-refractivity contribution in [3.63, 3.8) is 0 Å². The number of nitrogens with zero attached hydrogens (tertiary/aromatic N) is 3. The second-order valence-corrected chi connectivity index (χ2v) is 6.88. The Kier molecular flexibility index (Phi) is 3.88. The average molecular weight is 359 g/mol. The molecule has 0 fully saturated rings. The summed E-state index contributed by atoms with van der Waals surface area (Å²) in [7, 11) is 0. The lowest BCUT2D eigenvalue weighted by Crippen LogP contribution is -2.02. The molecular formula is C25H17N3. The van der Waals surface area contributed by atoms with E-state index in [1.54, 1.807) is 0 Å². The van der Waals surface area contributed by atoms with Gasteiger partial charge in [-0.15, -0.1) is 0 Å². The zero-order chi connectivity index (χ0) is 18.9. The Morgan fingerprint density at radius 3 is 2.36 bits per heavy atom. The van der Waals surface area contributed by atoms with Crippen molar-refractivity contribution in [2.45, 2.75) is 6.54 Å². The minimum atomic E-state index is 0.654. The molecule has 0 atom stereocenters. The van der Waals surface area contributed by atoms with Gasteiger partial charge < -0.3 is 4.57 Å². The molecule has 5 aromatic rings. The SMILES string of the molecule is N#Cc1ccc(-c2nc3ccccc3n2Cc2ccc3ccccc3c2)cc1. The first-order valence-electron chi connectivity index (χ1n) is 9.25. The molecule has 132 valence electrons. The van der Waals surface area contributed by atoms with E-state index in [-0.39, 0.29) is 0 Å². The van der Waals surface area contributed by atoms with Gasteiger partial charge in [0.15, 0.2) is 0 Å². The highest BCUT2D eigenvalue weighted by Crippen LogP contribution is 2.27. The molecule has 28 heavy (non-hydrogen) atoms. The fourth-order valence-electron chi connectivity index (χ4n) is 3.67. The predicted molar refractivity (Wildman–Crippen MR) is 113 cm³/mol. The van der Waals surface area contributed by atoms with Gasteiger partial charge in [-0.3, -0.25) is 0 Å². The van der Waals surface area contributed by atoms with Crippen molar-refractivity contribution < 1.29 is 0 Å². The minimum absolute atomic E-state index is 0.654. The van der Waals surface area contributed by atoms with Gasteiger partial charge in [0.2, 0.25) is 0 Å². The number of aromatic nitrogens is 2. The summed E-state index contributed by atoms with van der Waals surface area (Å²) in [6, 6.07) is 33.0. The lowest BCUT2D eigenvalue weighted by atomic mass is 10.1. The van der Waals surface area contributed by atoms with E-state index in [9.17, 15) is 0 Å². The first-order valence-corrected chi connectivity index (χ1v) is 9.25. The summed E-state index contributed by atoms with van der Waals surface area (Å²) in [6.07, 6.45) is 0. The Balaban J connectivity index is 1.65. The highest BCUT2D eigenvalue weighted by molar-refractivity contribution is 5.84. The van der Waals surface area contributed by atoms with E-state index in [1.807, 2.05) is 42.5 Å². The third-order valence-electron chi connectivity index (χ3n) is 5.08. The van der Waals surface area contributed by atoms with Crippen LogP contribution in [0.15, 0.2) is 91.0 Å². The van der Waals surface area contributed by atoms with Crippen LogP contribution < -0.4 is 0 Å². The Morgan fingerprint density at radius 2 is 1.54 bits per heavy atom. The number of hydrogen-bond acceptors (Lipinski definition) is 2. The molecule has 0 spiro atoms.